The Balaban J connectivity index is 2.71. The molecule has 5 heteroatoms. The molecule has 0 bridgehead atoms. The molecule has 0 amide bonds. The molecular weight excluding hydrogens is 279 g/mol. The Morgan fingerprint density at radius 1 is 1.14 bits per heavy atom. The van der Waals surface area contributed by atoms with Crippen molar-refractivity contribution < 1.29 is 18.3 Å². The minimum Gasteiger partial charge on any atom is -0.392 e. The van der Waals surface area contributed by atoms with Crippen molar-refractivity contribution in [2.45, 2.75) is 52.4 Å². The highest BCUT2D eigenvalue weighted by Crippen LogP contribution is 2.34. The zero-order valence-corrected chi connectivity index (χ0v) is 13.0. The lowest BCUT2D eigenvalue weighted by Crippen LogP contribution is -2.32. The lowest BCUT2D eigenvalue weighted by atomic mass is 9.89. The second-order valence-electron chi connectivity index (χ2n) is 6.63. The first-order chi connectivity index (χ1) is 9.50. The van der Waals surface area contributed by atoms with Crippen molar-refractivity contribution in [3.05, 3.63) is 35.4 Å². The third-order valence-electron chi connectivity index (χ3n) is 3.24. The van der Waals surface area contributed by atoms with E-state index in [1.165, 1.54) is 12.1 Å². The Kier molecular flexibility index (Phi) is 5.82. The summed E-state index contributed by atoms with van der Waals surface area (Å²) in [6, 6.07) is 5.05. The number of hydrogen-bond donors (Lipinski definition) is 2. The molecule has 0 fully saturated rings. The highest BCUT2D eigenvalue weighted by atomic mass is 19.4. The number of alkyl halides is 3. The second kappa shape index (κ2) is 6.79. The molecule has 1 rings (SSSR count). The van der Waals surface area contributed by atoms with Gasteiger partial charge in [-0.1, -0.05) is 39.0 Å². The van der Waals surface area contributed by atoms with Crippen LogP contribution in [0, 0.1) is 5.41 Å². The fourth-order valence-electron chi connectivity index (χ4n) is 2.33. The molecule has 1 aromatic carbocycles. The molecule has 0 spiro atoms. The molecule has 0 aliphatic heterocycles. The standard InChI is InChI=1S/C16H24F3NO/c1-11(20-10-12(21)9-15(2,3)4)13-7-5-6-8-14(13)16(17,18)19/h5-8,11-12,20-21H,9-10H2,1-4H3. The zero-order chi connectivity index (χ0) is 16.3. The molecule has 120 valence electrons. The van der Waals surface area contributed by atoms with Gasteiger partial charge in [0, 0.05) is 12.6 Å². The van der Waals surface area contributed by atoms with Gasteiger partial charge in [0.15, 0.2) is 0 Å². The number of rotatable bonds is 5. The number of hydrogen-bond acceptors (Lipinski definition) is 2. The van der Waals surface area contributed by atoms with Gasteiger partial charge in [0.25, 0.3) is 0 Å². The Hall–Kier alpha value is -1.07. The lowest BCUT2D eigenvalue weighted by Gasteiger charge is -2.25. The molecule has 1 aromatic rings. The van der Waals surface area contributed by atoms with E-state index in [-0.39, 0.29) is 17.5 Å². The third kappa shape index (κ3) is 6.06. The van der Waals surface area contributed by atoms with Gasteiger partial charge in [-0.2, -0.15) is 13.2 Å². The summed E-state index contributed by atoms with van der Waals surface area (Å²) in [7, 11) is 0. The van der Waals surface area contributed by atoms with Gasteiger partial charge in [0.2, 0.25) is 0 Å². The van der Waals surface area contributed by atoms with Gasteiger partial charge in [0.05, 0.1) is 11.7 Å². The van der Waals surface area contributed by atoms with E-state index in [1.807, 2.05) is 20.8 Å². The number of nitrogens with one attached hydrogen (secondary N) is 1. The van der Waals surface area contributed by atoms with Crippen LogP contribution in [-0.4, -0.2) is 17.8 Å². The van der Waals surface area contributed by atoms with Crippen molar-refractivity contribution in [2.24, 2.45) is 5.41 Å². The molecule has 2 N–H and O–H groups in total. The Morgan fingerprint density at radius 2 is 1.71 bits per heavy atom. The van der Waals surface area contributed by atoms with Crippen LogP contribution in [0.5, 0.6) is 0 Å². The van der Waals surface area contributed by atoms with E-state index in [1.54, 1.807) is 13.0 Å². The van der Waals surface area contributed by atoms with Gasteiger partial charge in [0.1, 0.15) is 0 Å². The minimum absolute atomic E-state index is 0.0196. The Bertz CT molecular complexity index is 452. The van der Waals surface area contributed by atoms with E-state index in [4.69, 9.17) is 0 Å². The van der Waals surface area contributed by atoms with Crippen molar-refractivity contribution in [1.82, 2.24) is 5.32 Å². The van der Waals surface area contributed by atoms with Crippen LogP contribution < -0.4 is 5.32 Å². The maximum atomic E-state index is 13.0. The minimum atomic E-state index is -4.36. The predicted molar refractivity (Wildman–Crippen MR) is 77.9 cm³/mol. The van der Waals surface area contributed by atoms with E-state index < -0.39 is 23.9 Å². The first-order valence-electron chi connectivity index (χ1n) is 7.08. The lowest BCUT2D eigenvalue weighted by molar-refractivity contribution is -0.138. The van der Waals surface area contributed by atoms with E-state index >= 15 is 0 Å². The van der Waals surface area contributed by atoms with E-state index in [0.29, 0.717) is 6.42 Å². The molecule has 2 nitrogen and oxygen atoms in total. The van der Waals surface area contributed by atoms with Gasteiger partial charge in [-0.25, -0.2) is 0 Å². The molecule has 2 unspecified atom stereocenters. The third-order valence-corrected chi connectivity index (χ3v) is 3.24. The SMILES string of the molecule is CC(NCC(O)CC(C)(C)C)c1ccccc1C(F)(F)F. The number of benzene rings is 1. The average molecular weight is 303 g/mol. The second-order valence-corrected chi connectivity index (χ2v) is 6.63. The van der Waals surface area contributed by atoms with Crippen LogP contribution in [0.1, 0.15) is 51.3 Å². The van der Waals surface area contributed by atoms with E-state index in [0.717, 1.165) is 6.07 Å². The molecule has 21 heavy (non-hydrogen) atoms. The molecular formula is C16H24F3NO. The summed E-state index contributed by atoms with van der Waals surface area (Å²) >= 11 is 0. The molecule has 0 radical (unpaired) electrons. The van der Waals surface area contributed by atoms with Crippen LogP contribution in [0.25, 0.3) is 0 Å². The summed E-state index contributed by atoms with van der Waals surface area (Å²) in [6.07, 6.45) is -4.35. The first-order valence-corrected chi connectivity index (χ1v) is 7.08. The van der Waals surface area contributed by atoms with Crippen LogP contribution in [-0.2, 0) is 6.18 Å². The summed E-state index contributed by atoms with van der Waals surface area (Å²) in [5.41, 5.74) is -0.447. The summed E-state index contributed by atoms with van der Waals surface area (Å²) in [6.45, 7) is 7.98. The van der Waals surface area contributed by atoms with E-state index in [2.05, 4.69) is 5.32 Å². The van der Waals surface area contributed by atoms with Gasteiger partial charge >= 0.3 is 6.18 Å². The normalized spacial score (nSPS) is 15.8. The zero-order valence-electron chi connectivity index (χ0n) is 13.0. The largest absolute Gasteiger partial charge is 0.416 e. The van der Waals surface area contributed by atoms with E-state index in [9.17, 15) is 18.3 Å². The Morgan fingerprint density at radius 3 is 2.24 bits per heavy atom. The molecule has 0 saturated carbocycles. The molecule has 0 aromatic heterocycles. The number of aliphatic hydroxyl groups excluding tert-OH is 1. The summed E-state index contributed by atoms with van der Waals surface area (Å²) in [4.78, 5) is 0. The molecule has 0 heterocycles. The molecule has 0 aliphatic rings. The fraction of sp³-hybridized carbons (Fsp3) is 0.625. The molecule has 0 saturated heterocycles. The van der Waals surface area contributed by atoms with Gasteiger partial charge in [-0.3, -0.25) is 0 Å². The number of aliphatic hydroxyl groups is 1. The highest BCUT2D eigenvalue weighted by Gasteiger charge is 2.34. The van der Waals surface area contributed by atoms with Crippen LogP contribution >= 0.6 is 0 Å². The summed E-state index contributed by atoms with van der Waals surface area (Å²) < 4.78 is 38.9. The highest BCUT2D eigenvalue weighted by molar-refractivity contribution is 5.32. The Labute approximate surface area is 124 Å². The van der Waals surface area contributed by atoms with Crippen molar-refractivity contribution in [3.8, 4) is 0 Å². The number of halogens is 3. The first kappa shape index (κ1) is 18.0. The average Bonchev–Trinajstić information content (AvgIpc) is 2.33. The maximum absolute atomic E-state index is 13.0. The summed E-state index contributed by atoms with van der Waals surface area (Å²) in [5.74, 6) is 0. The predicted octanol–water partition coefficient (Wildman–Crippen LogP) is 4.15. The van der Waals surface area contributed by atoms with Crippen LogP contribution in [0.15, 0.2) is 24.3 Å². The van der Waals surface area contributed by atoms with Crippen LogP contribution in [0.3, 0.4) is 0 Å². The van der Waals surface area contributed by atoms with Crippen molar-refractivity contribution in [3.63, 3.8) is 0 Å². The quantitative estimate of drug-likeness (QED) is 0.856. The van der Waals surface area contributed by atoms with Gasteiger partial charge < -0.3 is 10.4 Å². The van der Waals surface area contributed by atoms with Crippen LogP contribution in [0.2, 0.25) is 0 Å². The van der Waals surface area contributed by atoms with Crippen molar-refractivity contribution in [1.29, 1.82) is 0 Å². The molecule has 0 aliphatic carbocycles. The fourth-order valence-corrected chi connectivity index (χ4v) is 2.33. The topological polar surface area (TPSA) is 32.3 Å². The monoisotopic (exact) mass is 303 g/mol. The molecule has 2 atom stereocenters. The van der Waals surface area contributed by atoms with Gasteiger partial charge in [-0.15, -0.1) is 0 Å². The van der Waals surface area contributed by atoms with Crippen molar-refractivity contribution >= 4 is 0 Å². The maximum Gasteiger partial charge on any atom is 0.416 e. The smallest absolute Gasteiger partial charge is 0.392 e. The summed E-state index contributed by atoms with van der Waals surface area (Å²) in [5, 5.41) is 12.9. The van der Waals surface area contributed by atoms with Gasteiger partial charge in [-0.05, 0) is 30.4 Å². The van der Waals surface area contributed by atoms with Crippen LogP contribution in [0.4, 0.5) is 13.2 Å². The van der Waals surface area contributed by atoms with Crippen molar-refractivity contribution in [2.75, 3.05) is 6.54 Å².